The fourth-order valence-electron chi connectivity index (χ4n) is 2.38. The third-order valence-corrected chi connectivity index (χ3v) is 3.63. The zero-order chi connectivity index (χ0) is 16.6. The summed E-state index contributed by atoms with van der Waals surface area (Å²) < 4.78 is 19.3. The molecule has 0 radical (unpaired) electrons. The number of nitrogens with zero attached hydrogens (tertiary/aromatic N) is 1. The van der Waals surface area contributed by atoms with Gasteiger partial charge in [-0.15, -0.1) is 0 Å². The summed E-state index contributed by atoms with van der Waals surface area (Å²) in [7, 11) is 0. The van der Waals surface area contributed by atoms with Crippen molar-refractivity contribution in [2.75, 3.05) is 0 Å². The monoisotopic (exact) mass is 357 g/mol. The summed E-state index contributed by atoms with van der Waals surface area (Å²) in [4.78, 5) is 4.09. The lowest BCUT2D eigenvalue weighted by Crippen LogP contribution is -3.00. The van der Waals surface area contributed by atoms with E-state index in [0.717, 1.165) is 30.0 Å². The molecule has 0 fully saturated rings. The van der Waals surface area contributed by atoms with Crippen molar-refractivity contribution in [2.45, 2.75) is 19.7 Å². The molecule has 3 aromatic rings. The minimum atomic E-state index is -0.244. The quantitative estimate of drug-likeness (QED) is 0.687. The molecule has 5 heteroatoms. The molecule has 0 saturated heterocycles. The first kappa shape index (κ1) is 18.9. The van der Waals surface area contributed by atoms with Gasteiger partial charge in [0.1, 0.15) is 18.2 Å². The lowest BCUT2D eigenvalue weighted by Gasteiger charge is -2.09. The van der Waals surface area contributed by atoms with Crippen LogP contribution in [-0.4, -0.2) is 4.98 Å². The Bertz CT molecular complexity index is 783. The van der Waals surface area contributed by atoms with E-state index in [1.807, 2.05) is 42.6 Å². The van der Waals surface area contributed by atoms with E-state index >= 15 is 0 Å². The zero-order valence-corrected chi connectivity index (χ0v) is 14.4. The summed E-state index contributed by atoms with van der Waals surface area (Å²) in [5.74, 6) is 0.491. The molecule has 3 nitrogen and oxygen atoms in total. The number of ether oxygens (including phenoxy) is 1. The molecule has 2 aromatic carbocycles. The number of halogens is 2. The average molecular weight is 358 g/mol. The third-order valence-electron chi connectivity index (χ3n) is 3.63. The molecule has 25 heavy (non-hydrogen) atoms. The van der Waals surface area contributed by atoms with E-state index in [2.05, 4.69) is 10.3 Å². The highest BCUT2D eigenvalue weighted by atomic mass is 35.5. The predicted molar refractivity (Wildman–Crippen MR) is 92.0 cm³/mol. The molecule has 1 N–H and O–H groups in total. The Labute approximate surface area is 153 Å². The summed E-state index contributed by atoms with van der Waals surface area (Å²) in [5, 5.41) is 3.37. The van der Waals surface area contributed by atoms with Crippen LogP contribution >= 0.6 is 0 Å². The molecule has 0 aliphatic rings. The molecule has 0 aliphatic heterocycles. The molecule has 130 valence electrons. The maximum Gasteiger partial charge on any atom is 0.129 e. The largest absolute Gasteiger partial charge is 1.00 e. The smallest absolute Gasteiger partial charge is 0.129 e. The molecule has 3 rings (SSSR count). The molecule has 0 bridgehead atoms. The first-order chi connectivity index (χ1) is 11.8. The van der Waals surface area contributed by atoms with E-state index in [0.29, 0.717) is 5.56 Å². The van der Waals surface area contributed by atoms with Crippen molar-refractivity contribution in [3.05, 3.63) is 95.6 Å². The average Bonchev–Trinajstić information content (AvgIpc) is 2.62. The van der Waals surface area contributed by atoms with E-state index in [1.165, 1.54) is 6.07 Å². The van der Waals surface area contributed by atoms with Gasteiger partial charge in [0, 0.05) is 31.0 Å². The van der Waals surface area contributed by atoms with E-state index in [4.69, 9.17) is 4.74 Å². The van der Waals surface area contributed by atoms with E-state index < -0.39 is 0 Å². The summed E-state index contributed by atoms with van der Waals surface area (Å²) in [6, 6.07) is 18.4. The van der Waals surface area contributed by atoms with Gasteiger partial charge >= 0.3 is 0 Å². The molecule has 0 atom stereocenters. The first-order valence-electron chi connectivity index (χ1n) is 7.86. The second-order valence-electron chi connectivity index (χ2n) is 5.49. The topological polar surface area (TPSA) is 34.1 Å². The Morgan fingerprint density at radius 3 is 2.52 bits per heavy atom. The molecule has 0 amide bonds. The second-order valence-corrected chi connectivity index (χ2v) is 5.49. The van der Waals surface area contributed by atoms with Crippen LogP contribution in [0.3, 0.4) is 0 Å². The van der Waals surface area contributed by atoms with Crippen LogP contribution in [0.4, 0.5) is 4.39 Å². The number of nitrogens with one attached hydrogen (secondary N) is 1. The molecular formula is C20H19ClFN2O-. The van der Waals surface area contributed by atoms with E-state index in [9.17, 15) is 4.39 Å². The van der Waals surface area contributed by atoms with Crippen molar-refractivity contribution >= 4 is 0 Å². The summed E-state index contributed by atoms with van der Waals surface area (Å²) >= 11 is 0. The van der Waals surface area contributed by atoms with Gasteiger partial charge in [0.25, 0.3) is 0 Å². The third kappa shape index (κ3) is 5.85. The highest BCUT2D eigenvalue weighted by Gasteiger charge is 2.02. The van der Waals surface area contributed by atoms with Crippen LogP contribution in [0, 0.1) is 5.82 Å². The van der Waals surface area contributed by atoms with Crippen molar-refractivity contribution in [3.8, 4) is 5.75 Å². The lowest BCUT2D eigenvalue weighted by atomic mass is 10.2. The van der Waals surface area contributed by atoms with Crippen molar-refractivity contribution in [3.63, 3.8) is 0 Å². The predicted octanol–water partition coefficient (Wildman–Crippen LogP) is 1.09. The molecule has 0 saturated carbocycles. The molecule has 0 aliphatic carbocycles. The first-order valence-corrected chi connectivity index (χ1v) is 7.86. The zero-order valence-electron chi connectivity index (χ0n) is 13.7. The van der Waals surface area contributed by atoms with Gasteiger partial charge in [-0.2, -0.15) is 0 Å². The highest BCUT2D eigenvalue weighted by molar-refractivity contribution is 5.29. The maximum absolute atomic E-state index is 13.6. The minimum absolute atomic E-state index is 0. The van der Waals surface area contributed by atoms with Gasteiger partial charge in [0.05, 0.1) is 0 Å². The van der Waals surface area contributed by atoms with Crippen LogP contribution in [0.2, 0.25) is 0 Å². The Morgan fingerprint density at radius 1 is 0.920 bits per heavy atom. The Morgan fingerprint density at radius 2 is 1.72 bits per heavy atom. The summed E-state index contributed by atoms with van der Waals surface area (Å²) in [6.45, 7) is 1.71. The molecule has 0 unspecified atom stereocenters. The van der Waals surface area contributed by atoms with Crippen molar-refractivity contribution in [1.82, 2.24) is 10.3 Å². The summed E-state index contributed by atoms with van der Waals surface area (Å²) in [5.41, 5.74) is 2.81. The highest BCUT2D eigenvalue weighted by Crippen LogP contribution is 2.16. The number of hydrogen-bond acceptors (Lipinski definition) is 3. The van der Waals surface area contributed by atoms with Crippen LogP contribution < -0.4 is 22.5 Å². The number of hydrogen-bond donors (Lipinski definition) is 1. The minimum Gasteiger partial charge on any atom is -1.00 e. The maximum atomic E-state index is 13.6. The number of benzene rings is 2. The van der Waals surface area contributed by atoms with E-state index in [1.54, 1.807) is 24.4 Å². The number of aromatic nitrogens is 1. The van der Waals surface area contributed by atoms with Gasteiger partial charge in [-0.05, 0) is 35.4 Å². The Balaban J connectivity index is 0.00000225. The van der Waals surface area contributed by atoms with Crippen molar-refractivity contribution in [2.24, 2.45) is 0 Å². The van der Waals surface area contributed by atoms with Gasteiger partial charge < -0.3 is 22.5 Å². The molecule has 1 heterocycles. The van der Waals surface area contributed by atoms with Crippen LogP contribution in [0.5, 0.6) is 5.75 Å². The lowest BCUT2D eigenvalue weighted by molar-refractivity contribution is -0.00000593. The van der Waals surface area contributed by atoms with Crippen LogP contribution in [0.25, 0.3) is 0 Å². The van der Waals surface area contributed by atoms with Crippen LogP contribution in [-0.2, 0) is 19.7 Å². The van der Waals surface area contributed by atoms with Crippen molar-refractivity contribution in [1.29, 1.82) is 0 Å². The SMILES string of the molecule is Fc1ccccc1COc1cccc(CNCc2cccnc2)c1.[Cl-]. The second kappa shape index (κ2) is 9.77. The fraction of sp³-hybridized carbons (Fsp3) is 0.150. The van der Waals surface area contributed by atoms with Crippen LogP contribution in [0.15, 0.2) is 73.1 Å². The Hall–Kier alpha value is -2.43. The molecular weight excluding hydrogens is 339 g/mol. The van der Waals surface area contributed by atoms with Gasteiger partial charge in [0.2, 0.25) is 0 Å². The molecule has 0 spiro atoms. The normalized spacial score (nSPS) is 10.1. The Kier molecular flexibility index (Phi) is 7.38. The van der Waals surface area contributed by atoms with E-state index in [-0.39, 0.29) is 24.8 Å². The van der Waals surface area contributed by atoms with Crippen LogP contribution in [0.1, 0.15) is 16.7 Å². The van der Waals surface area contributed by atoms with Gasteiger partial charge in [0.15, 0.2) is 0 Å². The van der Waals surface area contributed by atoms with Gasteiger partial charge in [-0.25, -0.2) is 4.39 Å². The van der Waals surface area contributed by atoms with Gasteiger partial charge in [-0.1, -0.05) is 36.4 Å². The van der Waals surface area contributed by atoms with Gasteiger partial charge in [-0.3, -0.25) is 4.98 Å². The number of pyridine rings is 1. The molecule has 1 aromatic heterocycles. The fourth-order valence-corrected chi connectivity index (χ4v) is 2.38. The summed E-state index contributed by atoms with van der Waals surface area (Å²) in [6.07, 6.45) is 3.61. The standard InChI is InChI=1S/C20H19FN2O.ClH/c21-20-9-2-1-7-18(20)15-24-19-8-3-5-16(11-19)12-23-14-17-6-4-10-22-13-17;/h1-11,13,23H,12,14-15H2;1H/p-1. The van der Waals surface area contributed by atoms with Crippen molar-refractivity contribution < 1.29 is 21.5 Å². The number of rotatable bonds is 7.